The monoisotopic (exact) mass is 422 g/mol. The molecule has 0 fully saturated rings. The van der Waals surface area contributed by atoms with E-state index in [0.717, 1.165) is 6.07 Å². The third-order valence-electron chi connectivity index (χ3n) is 2.66. The van der Waals surface area contributed by atoms with Crippen molar-refractivity contribution < 1.29 is 37.3 Å². The Kier molecular flexibility index (Phi) is 3.47. The highest BCUT2D eigenvalue weighted by molar-refractivity contribution is 6.29. The molecule has 0 aromatic carbocycles. The van der Waals surface area contributed by atoms with Gasteiger partial charge in [0.15, 0.2) is 5.82 Å². The van der Waals surface area contributed by atoms with Crippen LogP contribution in [0.25, 0.3) is 11.5 Å². The first-order valence-corrected chi connectivity index (χ1v) is 7.05. The van der Waals surface area contributed by atoms with Crippen LogP contribution in [-0.2, 0) is 0 Å². The molecule has 0 aliphatic heterocycles. The Bertz CT molecular complexity index is 997. The maximum Gasteiger partial charge on any atom is 0.408 e. The van der Waals surface area contributed by atoms with E-state index in [-0.39, 0.29) is 0 Å². The van der Waals surface area contributed by atoms with Crippen LogP contribution in [0, 0.1) is 0 Å². The van der Waals surface area contributed by atoms with Crippen LogP contribution >= 0.6 is 11.6 Å². The number of pyridine rings is 1. The van der Waals surface area contributed by atoms with Crippen molar-refractivity contribution in [2.24, 2.45) is 0 Å². The Morgan fingerprint density at radius 3 is 1.89 bits per heavy atom. The summed E-state index contributed by atoms with van der Waals surface area (Å²) in [6.07, 6.45) is -10.8. The number of alkyl halides is 6. The van der Waals surface area contributed by atoms with E-state index in [0.29, 0.717) is 0 Å². The van der Waals surface area contributed by atoms with Gasteiger partial charge in [0.2, 0.25) is 11.9 Å². The van der Waals surface area contributed by atoms with Crippen LogP contribution in [0.2, 0.25) is 5.15 Å². The molecular weight excluding hydrogens is 402 g/mol. The van der Waals surface area contributed by atoms with Gasteiger partial charge in [0, 0.05) is 8.22 Å². The number of rotatable bonds is 5. The van der Waals surface area contributed by atoms with Crippen LogP contribution in [-0.4, -0.2) is 44.4 Å². The molecule has 0 radical (unpaired) electrons. The van der Waals surface area contributed by atoms with Gasteiger partial charge in [-0.05, 0) is 25.8 Å². The normalized spacial score (nSPS) is 19.8. The highest BCUT2D eigenvalue weighted by Crippen LogP contribution is 2.26. The predicted octanol–water partition coefficient (Wildman–Crippen LogP) is 4.31. The zero-order valence-electron chi connectivity index (χ0n) is 20.7. The molecule has 2 aromatic heterocycles. The Balaban J connectivity index is 2.71. The molecule has 0 saturated heterocycles. The van der Waals surface area contributed by atoms with Crippen LogP contribution in [0.3, 0.4) is 0 Å². The van der Waals surface area contributed by atoms with Crippen LogP contribution in [0.1, 0.15) is 24.7 Å². The lowest BCUT2D eigenvalue weighted by Gasteiger charge is -2.20. The lowest BCUT2D eigenvalue weighted by atomic mass is 10.3. The van der Waals surface area contributed by atoms with Gasteiger partial charge in [-0.15, -0.1) is 0 Å². The van der Waals surface area contributed by atoms with E-state index < -0.39 is 78.8 Å². The molecule has 2 aromatic rings. The maximum atomic E-state index is 13.3. The molecule has 2 atom stereocenters. The molecule has 0 amide bonds. The first kappa shape index (κ1) is 12.2. The number of hydrogen-bond acceptors (Lipinski definition) is 6. The van der Waals surface area contributed by atoms with Gasteiger partial charge < -0.3 is 10.6 Å². The number of anilines is 2. The van der Waals surface area contributed by atoms with E-state index in [1.165, 1.54) is 10.6 Å². The first-order valence-electron chi connectivity index (χ1n) is 10.7. The summed E-state index contributed by atoms with van der Waals surface area (Å²) in [6, 6.07) is -6.85. The van der Waals surface area contributed by atoms with E-state index in [2.05, 4.69) is 19.9 Å². The van der Waals surface area contributed by atoms with Crippen molar-refractivity contribution in [3.8, 4) is 11.5 Å². The topological polar surface area (TPSA) is 75.6 Å². The largest absolute Gasteiger partial charge is 0.408 e. The number of nitrogens with one attached hydrogen (secondary N) is 2. The second-order valence-electron chi connectivity index (χ2n) is 4.73. The summed E-state index contributed by atoms with van der Waals surface area (Å²) < 4.78 is 138. The fourth-order valence-corrected chi connectivity index (χ4v) is 1.61. The summed E-state index contributed by atoms with van der Waals surface area (Å²) in [5.41, 5.74) is -0.630. The Morgan fingerprint density at radius 2 is 1.44 bits per heavy atom. The van der Waals surface area contributed by atoms with E-state index in [1.807, 2.05) is 0 Å². The number of aromatic nitrogens is 4. The van der Waals surface area contributed by atoms with Crippen molar-refractivity contribution in [3.05, 3.63) is 23.3 Å². The van der Waals surface area contributed by atoms with Gasteiger partial charge >= 0.3 is 12.4 Å². The zero-order chi connectivity index (χ0) is 27.1. The Labute approximate surface area is 165 Å². The lowest BCUT2D eigenvalue weighted by molar-refractivity contribution is -0.139. The molecule has 0 unspecified atom stereocenters. The summed E-state index contributed by atoms with van der Waals surface area (Å²) in [7, 11) is 0. The van der Waals surface area contributed by atoms with Crippen molar-refractivity contribution in [1.82, 2.24) is 19.9 Å². The van der Waals surface area contributed by atoms with Gasteiger partial charge in [-0.1, -0.05) is 17.7 Å². The minimum Gasteiger partial charge on any atom is -0.343 e. The zero-order valence-corrected chi connectivity index (χ0v) is 13.4. The molecule has 27 heavy (non-hydrogen) atoms. The van der Waals surface area contributed by atoms with E-state index in [4.69, 9.17) is 22.6 Å². The molecule has 0 aliphatic carbocycles. The molecule has 0 aliphatic rings. The minimum atomic E-state index is -5.41. The first-order chi connectivity index (χ1) is 15.6. The van der Waals surface area contributed by atoms with Crippen molar-refractivity contribution in [2.75, 3.05) is 10.6 Å². The summed E-state index contributed by atoms with van der Waals surface area (Å²) in [4.78, 5) is 13.8. The predicted molar refractivity (Wildman–Crippen MR) is 86.3 cm³/mol. The van der Waals surface area contributed by atoms with Crippen molar-refractivity contribution >= 4 is 23.5 Å². The molecule has 2 heterocycles. The standard InChI is InChI=1S/C14H13ClF6N6/c1-6(13(16,17)18)22-11-25-10(8-4-3-5-9(15)24-8)26-12(27-11)23-7(2)14(19,20)21/h3-7H,1-2H3,(H2,22,23,25,26,27)/t6-,7-/m1/s1/i1D3,2D3,4D,5D. The molecule has 0 saturated carbocycles. The van der Waals surface area contributed by atoms with E-state index in [9.17, 15) is 26.3 Å². The molecular formula is C14H13ClF6N6. The number of nitrogens with zero attached hydrogens (tertiary/aromatic N) is 4. The van der Waals surface area contributed by atoms with Crippen LogP contribution in [0.4, 0.5) is 38.2 Å². The van der Waals surface area contributed by atoms with E-state index in [1.54, 1.807) is 0 Å². The molecule has 0 bridgehead atoms. The molecule has 2 N–H and O–H groups in total. The molecule has 13 heteroatoms. The highest BCUT2D eigenvalue weighted by atomic mass is 35.5. The maximum absolute atomic E-state index is 13.3. The lowest BCUT2D eigenvalue weighted by Crippen LogP contribution is -2.35. The summed E-state index contributed by atoms with van der Waals surface area (Å²) in [6.45, 7) is -7.44. The van der Waals surface area contributed by atoms with Gasteiger partial charge in [-0.3, -0.25) is 0 Å². The molecule has 6 nitrogen and oxygen atoms in total. The van der Waals surface area contributed by atoms with Crippen LogP contribution in [0.5, 0.6) is 0 Å². The van der Waals surface area contributed by atoms with Crippen molar-refractivity contribution in [2.45, 2.75) is 38.1 Å². The van der Waals surface area contributed by atoms with Gasteiger partial charge in [0.05, 0.1) is 2.74 Å². The van der Waals surface area contributed by atoms with Crippen molar-refractivity contribution in [3.63, 3.8) is 0 Å². The van der Waals surface area contributed by atoms with Gasteiger partial charge in [-0.2, -0.15) is 41.3 Å². The summed E-state index contributed by atoms with van der Waals surface area (Å²) >= 11 is 5.69. The minimum absolute atomic E-state index is 0.453. The fraction of sp³-hybridized carbons (Fsp3) is 0.429. The summed E-state index contributed by atoms with van der Waals surface area (Å²) in [5.74, 6) is -3.32. The molecule has 148 valence electrons. The van der Waals surface area contributed by atoms with Crippen LogP contribution < -0.4 is 10.6 Å². The summed E-state index contributed by atoms with van der Waals surface area (Å²) in [5, 5.41) is 2.33. The van der Waals surface area contributed by atoms with Crippen molar-refractivity contribution in [1.29, 1.82) is 0 Å². The highest BCUT2D eigenvalue weighted by Gasteiger charge is 2.38. The van der Waals surface area contributed by atoms with Gasteiger partial charge in [0.1, 0.15) is 22.9 Å². The number of hydrogen-bond donors (Lipinski definition) is 2. The second kappa shape index (κ2) is 7.71. The quantitative estimate of drug-likeness (QED) is 0.552. The Morgan fingerprint density at radius 1 is 0.926 bits per heavy atom. The van der Waals surface area contributed by atoms with E-state index >= 15 is 0 Å². The molecule has 0 spiro atoms. The smallest absolute Gasteiger partial charge is 0.343 e. The molecule has 2 rings (SSSR count). The van der Waals surface area contributed by atoms with Crippen LogP contribution in [0.15, 0.2) is 18.2 Å². The average molecular weight is 423 g/mol. The van der Waals surface area contributed by atoms with Gasteiger partial charge in [0.25, 0.3) is 0 Å². The third-order valence-corrected chi connectivity index (χ3v) is 2.85. The fourth-order valence-electron chi connectivity index (χ4n) is 1.47. The second-order valence-corrected chi connectivity index (χ2v) is 5.09. The average Bonchev–Trinajstić information content (AvgIpc) is 2.63. The SMILES string of the molecule is [2H]c1cc([2H])c(-c2nc(N[C@H](C([2H])([2H])[2H])C(F)(F)F)nc(N[C@H](C([2H])([2H])[2H])C(F)(F)F)n2)nc1Cl. The van der Waals surface area contributed by atoms with Gasteiger partial charge in [-0.25, -0.2) is 4.98 Å². The third kappa shape index (κ3) is 5.81. The Hall–Kier alpha value is -2.37. The number of halogens is 7.